The molecular weight excluding hydrogens is 196 g/mol. The van der Waals surface area contributed by atoms with Gasteiger partial charge in [-0.3, -0.25) is 4.79 Å². The lowest BCUT2D eigenvalue weighted by Crippen LogP contribution is -2.14. The molecule has 0 rings (SSSR count). The zero-order valence-corrected chi connectivity index (χ0v) is 8.25. The Morgan fingerprint density at radius 2 is 2.23 bits per heavy atom. The van der Waals surface area contributed by atoms with Crippen LogP contribution in [0.4, 0.5) is 0 Å². The SMILES string of the molecule is CCOC(=O)CCCC(O)S(=O)O. The van der Waals surface area contributed by atoms with Gasteiger partial charge in [0, 0.05) is 6.42 Å². The van der Waals surface area contributed by atoms with Gasteiger partial charge < -0.3 is 14.4 Å². The first-order chi connectivity index (χ1) is 6.07. The van der Waals surface area contributed by atoms with E-state index < -0.39 is 16.5 Å². The Hall–Kier alpha value is -0.460. The van der Waals surface area contributed by atoms with Crippen LogP contribution in [0.1, 0.15) is 26.2 Å². The summed E-state index contributed by atoms with van der Waals surface area (Å²) in [6.45, 7) is 2.03. The standard InChI is InChI=1S/C7H14O5S/c1-2-12-6(8)4-3-5-7(9)13(10)11/h7,9H,2-5H2,1H3,(H,10,11). The molecule has 5 nitrogen and oxygen atoms in total. The van der Waals surface area contributed by atoms with Crippen LogP contribution in [0.15, 0.2) is 0 Å². The minimum atomic E-state index is -2.23. The number of hydrogen-bond donors (Lipinski definition) is 2. The third-order valence-corrected chi connectivity index (χ3v) is 2.07. The number of carbonyl (C=O) groups excluding carboxylic acids is 1. The van der Waals surface area contributed by atoms with E-state index in [1.807, 2.05) is 0 Å². The molecule has 0 heterocycles. The summed E-state index contributed by atoms with van der Waals surface area (Å²) >= 11 is -2.23. The van der Waals surface area contributed by atoms with Crippen LogP contribution in [0.3, 0.4) is 0 Å². The molecule has 0 spiro atoms. The maximum atomic E-state index is 10.8. The molecule has 0 saturated heterocycles. The Morgan fingerprint density at radius 1 is 1.62 bits per heavy atom. The number of ether oxygens (including phenoxy) is 1. The van der Waals surface area contributed by atoms with Crippen molar-refractivity contribution in [1.82, 2.24) is 0 Å². The van der Waals surface area contributed by atoms with Crippen LogP contribution in [0, 0.1) is 0 Å². The van der Waals surface area contributed by atoms with Crippen molar-refractivity contribution in [2.24, 2.45) is 0 Å². The molecule has 0 radical (unpaired) electrons. The number of esters is 1. The largest absolute Gasteiger partial charge is 0.466 e. The van der Waals surface area contributed by atoms with Crippen LogP contribution < -0.4 is 0 Å². The fourth-order valence-electron chi connectivity index (χ4n) is 0.755. The van der Waals surface area contributed by atoms with Crippen molar-refractivity contribution in [3.05, 3.63) is 0 Å². The van der Waals surface area contributed by atoms with Gasteiger partial charge in [0.1, 0.15) is 0 Å². The summed E-state index contributed by atoms with van der Waals surface area (Å²) in [7, 11) is 0. The number of rotatable bonds is 6. The van der Waals surface area contributed by atoms with Gasteiger partial charge in [-0.2, -0.15) is 0 Å². The third-order valence-electron chi connectivity index (χ3n) is 1.37. The predicted molar refractivity (Wildman–Crippen MR) is 47.3 cm³/mol. The fraction of sp³-hybridized carbons (Fsp3) is 0.857. The molecule has 6 heteroatoms. The average Bonchev–Trinajstić information content (AvgIpc) is 2.04. The van der Waals surface area contributed by atoms with Crippen molar-refractivity contribution in [1.29, 1.82) is 0 Å². The van der Waals surface area contributed by atoms with Gasteiger partial charge in [0.25, 0.3) is 0 Å². The summed E-state index contributed by atoms with van der Waals surface area (Å²) < 4.78 is 23.3. The summed E-state index contributed by atoms with van der Waals surface area (Å²) in [6, 6.07) is 0. The molecule has 0 bridgehead atoms. The summed E-state index contributed by atoms with van der Waals surface area (Å²) in [5.74, 6) is -0.349. The van der Waals surface area contributed by atoms with Gasteiger partial charge in [-0.25, -0.2) is 4.21 Å². The molecule has 0 aromatic rings. The second-order valence-electron chi connectivity index (χ2n) is 2.43. The van der Waals surface area contributed by atoms with Crippen LogP contribution in [0.2, 0.25) is 0 Å². The molecule has 0 amide bonds. The second kappa shape index (κ2) is 6.99. The molecule has 2 atom stereocenters. The number of carbonyl (C=O) groups is 1. The van der Waals surface area contributed by atoms with Crippen LogP contribution >= 0.6 is 0 Å². The Bertz CT molecular complexity index is 182. The van der Waals surface area contributed by atoms with E-state index in [1.165, 1.54) is 0 Å². The molecule has 0 aliphatic rings. The molecule has 78 valence electrons. The first-order valence-corrected chi connectivity index (χ1v) is 5.18. The van der Waals surface area contributed by atoms with Crippen LogP contribution in [-0.2, 0) is 20.6 Å². The smallest absolute Gasteiger partial charge is 0.305 e. The monoisotopic (exact) mass is 210 g/mol. The van der Waals surface area contributed by atoms with E-state index in [4.69, 9.17) is 9.66 Å². The van der Waals surface area contributed by atoms with Crippen molar-refractivity contribution in [2.75, 3.05) is 6.61 Å². The van der Waals surface area contributed by atoms with Gasteiger partial charge in [0.05, 0.1) is 6.61 Å². The third kappa shape index (κ3) is 6.68. The normalized spacial score (nSPS) is 15.0. The van der Waals surface area contributed by atoms with Gasteiger partial charge in [0.15, 0.2) is 16.5 Å². The zero-order valence-electron chi connectivity index (χ0n) is 7.43. The lowest BCUT2D eigenvalue weighted by molar-refractivity contribution is -0.143. The average molecular weight is 210 g/mol. The summed E-state index contributed by atoms with van der Waals surface area (Å²) in [4.78, 5) is 10.8. The van der Waals surface area contributed by atoms with Crippen LogP contribution in [0.25, 0.3) is 0 Å². The molecular formula is C7H14O5S. The second-order valence-corrected chi connectivity index (χ2v) is 3.52. The predicted octanol–water partition coefficient (Wildman–Crippen LogP) is 0.260. The number of hydrogen-bond acceptors (Lipinski definition) is 4. The highest BCUT2D eigenvalue weighted by molar-refractivity contribution is 7.79. The topological polar surface area (TPSA) is 83.8 Å². The Labute approximate surface area is 79.4 Å². The lowest BCUT2D eigenvalue weighted by Gasteiger charge is -2.04. The Kier molecular flexibility index (Phi) is 6.75. The molecule has 0 aliphatic heterocycles. The molecule has 0 saturated carbocycles. The molecule has 0 aromatic heterocycles. The first-order valence-electron chi connectivity index (χ1n) is 4.01. The fourth-order valence-corrected chi connectivity index (χ4v) is 1.12. The minimum Gasteiger partial charge on any atom is -0.466 e. The summed E-state index contributed by atoms with van der Waals surface area (Å²) in [5.41, 5.74) is -1.27. The Morgan fingerprint density at radius 3 is 2.69 bits per heavy atom. The molecule has 13 heavy (non-hydrogen) atoms. The molecule has 2 unspecified atom stereocenters. The van der Waals surface area contributed by atoms with Crippen molar-refractivity contribution in [3.8, 4) is 0 Å². The van der Waals surface area contributed by atoms with E-state index in [2.05, 4.69) is 4.74 Å². The number of aliphatic hydroxyl groups excluding tert-OH is 1. The zero-order chi connectivity index (χ0) is 10.3. The lowest BCUT2D eigenvalue weighted by atomic mass is 10.2. The van der Waals surface area contributed by atoms with E-state index >= 15 is 0 Å². The highest BCUT2D eigenvalue weighted by Gasteiger charge is 2.11. The van der Waals surface area contributed by atoms with Gasteiger partial charge in [-0.15, -0.1) is 0 Å². The molecule has 0 aliphatic carbocycles. The highest BCUT2D eigenvalue weighted by Crippen LogP contribution is 2.04. The maximum Gasteiger partial charge on any atom is 0.305 e. The molecule has 2 N–H and O–H groups in total. The quantitative estimate of drug-likeness (QED) is 0.485. The van der Waals surface area contributed by atoms with Gasteiger partial charge in [-0.1, -0.05) is 0 Å². The van der Waals surface area contributed by atoms with E-state index in [0.717, 1.165) is 0 Å². The van der Waals surface area contributed by atoms with E-state index in [9.17, 15) is 9.00 Å². The van der Waals surface area contributed by atoms with Crippen molar-refractivity contribution in [3.63, 3.8) is 0 Å². The Balaban J connectivity index is 3.44. The van der Waals surface area contributed by atoms with E-state index in [0.29, 0.717) is 13.0 Å². The van der Waals surface area contributed by atoms with Crippen LogP contribution in [-0.4, -0.2) is 31.9 Å². The van der Waals surface area contributed by atoms with Crippen molar-refractivity contribution in [2.45, 2.75) is 31.6 Å². The highest BCUT2D eigenvalue weighted by atomic mass is 32.2. The first kappa shape index (κ1) is 12.5. The minimum absolute atomic E-state index is 0.127. The van der Waals surface area contributed by atoms with Gasteiger partial charge in [0.2, 0.25) is 0 Å². The van der Waals surface area contributed by atoms with Crippen molar-refractivity contribution >= 4 is 17.0 Å². The summed E-state index contributed by atoms with van der Waals surface area (Å²) in [5, 5.41) is 8.87. The maximum absolute atomic E-state index is 10.8. The molecule has 0 aromatic carbocycles. The van der Waals surface area contributed by atoms with Crippen molar-refractivity contribution < 1.29 is 23.4 Å². The molecule has 0 fully saturated rings. The van der Waals surface area contributed by atoms with E-state index in [1.54, 1.807) is 6.92 Å². The number of aliphatic hydroxyl groups is 1. The van der Waals surface area contributed by atoms with Crippen LogP contribution in [0.5, 0.6) is 0 Å². The van der Waals surface area contributed by atoms with Gasteiger partial charge in [-0.05, 0) is 19.8 Å². The van der Waals surface area contributed by atoms with Gasteiger partial charge >= 0.3 is 5.97 Å². The van der Waals surface area contributed by atoms with E-state index in [-0.39, 0.29) is 18.8 Å². The summed E-state index contributed by atoms with van der Waals surface area (Å²) in [6.07, 6.45) is 0.649.